The van der Waals surface area contributed by atoms with Gasteiger partial charge in [-0.3, -0.25) is 4.79 Å². The van der Waals surface area contributed by atoms with E-state index in [1.54, 1.807) is 0 Å². The second kappa shape index (κ2) is 9.03. The third-order valence-corrected chi connectivity index (χ3v) is 5.51. The summed E-state index contributed by atoms with van der Waals surface area (Å²) in [5.41, 5.74) is 6.96. The fourth-order valence-electron chi connectivity index (χ4n) is 3.90. The van der Waals surface area contributed by atoms with E-state index in [1.807, 2.05) is 35.2 Å². The molecule has 2 fully saturated rings. The van der Waals surface area contributed by atoms with E-state index >= 15 is 0 Å². The molecule has 0 spiro atoms. The van der Waals surface area contributed by atoms with Gasteiger partial charge in [0.15, 0.2) is 0 Å². The van der Waals surface area contributed by atoms with Crippen LogP contribution < -0.4 is 16.4 Å². The predicted octanol–water partition coefficient (Wildman–Crippen LogP) is 2.31. The number of hydrogen-bond donors (Lipinski definition) is 3. The van der Waals surface area contributed by atoms with E-state index in [0.717, 1.165) is 31.2 Å². The van der Waals surface area contributed by atoms with Crippen molar-refractivity contribution in [2.75, 3.05) is 13.1 Å². The van der Waals surface area contributed by atoms with E-state index in [9.17, 15) is 9.59 Å². The van der Waals surface area contributed by atoms with Gasteiger partial charge in [0.05, 0.1) is 0 Å². The van der Waals surface area contributed by atoms with Crippen LogP contribution in [0.1, 0.15) is 56.6 Å². The molecule has 1 aromatic carbocycles. The second-order valence-corrected chi connectivity index (χ2v) is 7.44. The lowest BCUT2D eigenvalue weighted by Gasteiger charge is -2.34. The maximum Gasteiger partial charge on any atom is 0.315 e. The number of hydrogen-bond acceptors (Lipinski definition) is 3. The van der Waals surface area contributed by atoms with Crippen LogP contribution in [-0.4, -0.2) is 42.0 Å². The van der Waals surface area contributed by atoms with Crippen LogP contribution >= 0.6 is 0 Å². The van der Waals surface area contributed by atoms with Gasteiger partial charge in [-0.1, -0.05) is 49.6 Å². The zero-order chi connectivity index (χ0) is 18.4. The molecule has 0 aromatic heterocycles. The third-order valence-electron chi connectivity index (χ3n) is 5.51. The minimum absolute atomic E-state index is 0.0405. The highest BCUT2D eigenvalue weighted by Gasteiger charge is 2.28. The molecule has 0 radical (unpaired) electrons. The minimum Gasteiger partial charge on any atom is -0.341 e. The number of nitrogens with two attached hydrogens (primary N) is 1. The van der Waals surface area contributed by atoms with Crippen LogP contribution in [0.25, 0.3) is 0 Å². The zero-order valence-corrected chi connectivity index (χ0v) is 15.3. The maximum absolute atomic E-state index is 12.6. The van der Waals surface area contributed by atoms with Crippen molar-refractivity contribution >= 4 is 11.9 Å². The summed E-state index contributed by atoms with van der Waals surface area (Å²) < 4.78 is 0. The summed E-state index contributed by atoms with van der Waals surface area (Å²) in [6, 6.07) is 9.21. The molecule has 142 valence electrons. The molecule has 6 heteroatoms. The Bertz CT molecular complexity index is 593. The van der Waals surface area contributed by atoms with Gasteiger partial charge < -0.3 is 21.3 Å². The fraction of sp³-hybridized carbons (Fsp3) is 0.600. The van der Waals surface area contributed by atoms with Crippen LogP contribution in [-0.2, 0) is 4.79 Å². The highest BCUT2D eigenvalue weighted by molar-refractivity contribution is 5.83. The normalized spacial score (nSPS) is 20.4. The van der Waals surface area contributed by atoms with Crippen molar-refractivity contribution in [1.29, 1.82) is 0 Å². The lowest BCUT2D eigenvalue weighted by Crippen LogP contribution is -2.52. The van der Waals surface area contributed by atoms with Gasteiger partial charge >= 0.3 is 6.03 Å². The number of likely N-dealkylation sites (tertiary alicyclic amines) is 1. The van der Waals surface area contributed by atoms with Crippen molar-refractivity contribution in [3.63, 3.8) is 0 Å². The molecule has 6 nitrogen and oxygen atoms in total. The molecule has 1 saturated carbocycles. The van der Waals surface area contributed by atoms with Gasteiger partial charge in [-0.25, -0.2) is 4.79 Å². The Labute approximate surface area is 155 Å². The Morgan fingerprint density at radius 2 is 1.50 bits per heavy atom. The molecule has 1 atom stereocenters. The number of rotatable bonds is 4. The predicted molar refractivity (Wildman–Crippen MR) is 102 cm³/mol. The Morgan fingerprint density at radius 3 is 2.12 bits per heavy atom. The number of amides is 3. The Morgan fingerprint density at radius 1 is 0.923 bits per heavy atom. The van der Waals surface area contributed by atoms with Crippen molar-refractivity contribution in [3.8, 4) is 0 Å². The van der Waals surface area contributed by atoms with E-state index in [4.69, 9.17) is 5.73 Å². The average Bonchev–Trinajstić information content (AvgIpc) is 2.69. The molecular formula is C20H30N4O2. The smallest absolute Gasteiger partial charge is 0.315 e. The van der Waals surface area contributed by atoms with Crippen LogP contribution in [0, 0.1) is 0 Å². The van der Waals surface area contributed by atoms with Crippen molar-refractivity contribution in [3.05, 3.63) is 35.9 Å². The Hall–Kier alpha value is -2.08. The SMILES string of the molecule is NC(C(=O)N1CCC(NC(=O)NC2CCCCC2)CC1)c1ccccc1. The lowest BCUT2D eigenvalue weighted by molar-refractivity contribution is -0.133. The number of urea groups is 1. The molecule has 1 aliphatic heterocycles. The van der Waals surface area contributed by atoms with Crippen LogP contribution in [0.3, 0.4) is 0 Å². The van der Waals surface area contributed by atoms with E-state index in [1.165, 1.54) is 19.3 Å². The molecule has 4 N–H and O–H groups in total. The average molecular weight is 358 g/mol. The molecule has 1 heterocycles. The Kier molecular flexibility index (Phi) is 6.50. The summed E-state index contributed by atoms with van der Waals surface area (Å²) in [7, 11) is 0. The van der Waals surface area contributed by atoms with Crippen molar-refractivity contribution < 1.29 is 9.59 Å². The number of piperidine rings is 1. The summed E-state index contributed by atoms with van der Waals surface area (Å²) >= 11 is 0. The van der Waals surface area contributed by atoms with Gasteiger partial charge in [-0.05, 0) is 31.2 Å². The third kappa shape index (κ3) is 4.97. The molecule has 1 unspecified atom stereocenters. The first-order valence-electron chi connectivity index (χ1n) is 9.80. The van der Waals surface area contributed by atoms with Crippen LogP contribution in [0.15, 0.2) is 30.3 Å². The first kappa shape index (κ1) is 18.7. The van der Waals surface area contributed by atoms with E-state index in [-0.39, 0.29) is 18.0 Å². The number of carbonyl (C=O) groups excluding carboxylic acids is 2. The van der Waals surface area contributed by atoms with Gasteiger partial charge in [0, 0.05) is 25.2 Å². The largest absolute Gasteiger partial charge is 0.341 e. The molecule has 1 aromatic rings. The van der Waals surface area contributed by atoms with Crippen LogP contribution in [0.2, 0.25) is 0 Å². The number of nitrogens with one attached hydrogen (secondary N) is 2. The van der Waals surface area contributed by atoms with Gasteiger partial charge in [0.25, 0.3) is 0 Å². The minimum atomic E-state index is -0.615. The van der Waals surface area contributed by atoms with Gasteiger partial charge in [0.2, 0.25) is 5.91 Å². The zero-order valence-electron chi connectivity index (χ0n) is 15.3. The number of carbonyl (C=O) groups is 2. The second-order valence-electron chi connectivity index (χ2n) is 7.44. The molecule has 3 amide bonds. The molecule has 1 aliphatic carbocycles. The molecule has 2 aliphatic rings. The van der Waals surface area contributed by atoms with E-state index in [0.29, 0.717) is 19.1 Å². The number of nitrogens with zero attached hydrogens (tertiary/aromatic N) is 1. The molecule has 3 rings (SSSR count). The highest BCUT2D eigenvalue weighted by atomic mass is 16.2. The van der Waals surface area contributed by atoms with Crippen molar-refractivity contribution in [2.45, 2.75) is 63.1 Å². The van der Waals surface area contributed by atoms with E-state index < -0.39 is 6.04 Å². The Balaban J connectivity index is 1.42. The topological polar surface area (TPSA) is 87.5 Å². The van der Waals surface area contributed by atoms with Crippen molar-refractivity contribution in [1.82, 2.24) is 15.5 Å². The number of benzene rings is 1. The summed E-state index contributed by atoms with van der Waals surface area (Å²) in [6.07, 6.45) is 7.38. The maximum atomic E-state index is 12.6. The molecule has 1 saturated heterocycles. The first-order chi connectivity index (χ1) is 12.6. The molecule has 26 heavy (non-hydrogen) atoms. The lowest BCUT2D eigenvalue weighted by atomic mass is 9.96. The summed E-state index contributed by atoms with van der Waals surface area (Å²) in [5, 5.41) is 6.16. The fourth-order valence-corrected chi connectivity index (χ4v) is 3.90. The quantitative estimate of drug-likeness (QED) is 0.772. The van der Waals surface area contributed by atoms with Crippen molar-refractivity contribution in [2.24, 2.45) is 5.73 Å². The van der Waals surface area contributed by atoms with Crippen LogP contribution in [0.5, 0.6) is 0 Å². The van der Waals surface area contributed by atoms with Gasteiger partial charge in [-0.2, -0.15) is 0 Å². The molecule has 0 bridgehead atoms. The summed E-state index contributed by atoms with van der Waals surface area (Å²) in [4.78, 5) is 26.6. The summed E-state index contributed by atoms with van der Waals surface area (Å²) in [5.74, 6) is -0.0405. The molecular weight excluding hydrogens is 328 g/mol. The first-order valence-corrected chi connectivity index (χ1v) is 9.80. The van der Waals surface area contributed by atoms with Gasteiger partial charge in [0.1, 0.15) is 6.04 Å². The highest BCUT2D eigenvalue weighted by Crippen LogP contribution is 2.19. The van der Waals surface area contributed by atoms with Gasteiger partial charge in [-0.15, -0.1) is 0 Å². The summed E-state index contributed by atoms with van der Waals surface area (Å²) in [6.45, 7) is 1.27. The standard InChI is InChI=1S/C20H30N4O2/c21-18(15-7-3-1-4-8-15)19(25)24-13-11-17(12-14-24)23-20(26)22-16-9-5-2-6-10-16/h1,3-4,7-8,16-18H,2,5-6,9-14,21H2,(H2,22,23,26). The van der Waals surface area contributed by atoms with Crippen LogP contribution in [0.4, 0.5) is 4.79 Å². The monoisotopic (exact) mass is 358 g/mol. The van der Waals surface area contributed by atoms with E-state index in [2.05, 4.69) is 10.6 Å².